The number of hydrogen-bond acceptors (Lipinski definition) is 2. The normalized spacial score (nSPS) is 14.2. The van der Waals surface area contributed by atoms with Gasteiger partial charge in [-0.25, -0.2) is 0 Å². The largest absolute Gasteiger partial charge is 0.416 e. The summed E-state index contributed by atoms with van der Waals surface area (Å²) < 4.78 is 77.2. The molecule has 0 saturated heterocycles. The van der Waals surface area contributed by atoms with Crippen LogP contribution in [0.1, 0.15) is 48.1 Å². The summed E-state index contributed by atoms with van der Waals surface area (Å²) in [5.74, 6) is -3.22. The number of allylic oxidation sites excluding steroid dienone is 1. The van der Waals surface area contributed by atoms with Crippen molar-refractivity contribution in [3.05, 3.63) is 77.6 Å². The second kappa shape index (κ2) is 9.45. The predicted molar refractivity (Wildman–Crippen MR) is 101 cm³/mol. The van der Waals surface area contributed by atoms with Crippen LogP contribution in [0.5, 0.6) is 0 Å². The van der Waals surface area contributed by atoms with Gasteiger partial charge in [-0.15, -0.1) is 6.58 Å². The lowest BCUT2D eigenvalue weighted by Gasteiger charge is -2.21. The lowest BCUT2D eigenvalue weighted by molar-refractivity contribution is -0.173. The Morgan fingerprint density at radius 3 is 2.23 bits per heavy atom. The van der Waals surface area contributed by atoms with Gasteiger partial charge < -0.3 is 0 Å². The number of rotatable bonds is 8. The Hall–Kier alpha value is -2.64. The van der Waals surface area contributed by atoms with Crippen LogP contribution in [0.25, 0.3) is 0 Å². The highest BCUT2D eigenvalue weighted by Crippen LogP contribution is 2.35. The molecule has 0 radical (unpaired) electrons. The minimum Gasteiger partial charge on any atom is -0.300 e. The van der Waals surface area contributed by atoms with Crippen LogP contribution >= 0.6 is 0 Å². The minimum absolute atomic E-state index is 0.299. The highest BCUT2D eigenvalue weighted by Gasteiger charge is 2.37. The zero-order valence-electron chi connectivity index (χ0n) is 16.2. The van der Waals surface area contributed by atoms with Crippen molar-refractivity contribution in [3.8, 4) is 0 Å². The molecule has 162 valence electrons. The molecule has 1 heterocycles. The summed E-state index contributed by atoms with van der Waals surface area (Å²) in [7, 11) is 0. The van der Waals surface area contributed by atoms with Crippen LogP contribution in [0.2, 0.25) is 0 Å². The molecular weight excluding hydrogens is 408 g/mol. The first-order chi connectivity index (χ1) is 13.9. The van der Waals surface area contributed by atoms with E-state index in [9.17, 15) is 31.1 Å². The topological polar surface area (TPSA) is 30.0 Å². The SMILES string of the molecule is C=CCc1cccnc1[C@@H](CC(=O)C[C@@H](C)C(F)(F)F)c1ccc(C(F)(F)F)cc1. The Kier molecular flexibility index (Phi) is 7.44. The van der Waals surface area contributed by atoms with Crippen molar-refractivity contribution in [1.82, 2.24) is 4.98 Å². The maximum atomic E-state index is 12.9. The third-order valence-electron chi connectivity index (χ3n) is 4.79. The molecule has 0 aliphatic heterocycles. The van der Waals surface area contributed by atoms with E-state index >= 15 is 0 Å². The van der Waals surface area contributed by atoms with Gasteiger partial charge in [-0.3, -0.25) is 9.78 Å². The van der Waals surface area contributed by atoms with Gasteiger partial charge in [-0.2, -0.15) is 26.3 Å². The van der Waals surface area contributed by atoms with E-state index in [-0.39, 0.29) is 6.42 Å². The molecule has 0 spiro atoms. The van der Waals surface area contributed by atoms with E-state index in [1.807, 2.05) is 0 Å². The summed E-state index contributed by atoms with van der Waals surface area (Å²) in [5, 5.41) is 0. The zero-order chi connectivity index (χ0) is 22.5. The predicted octanol–water partition coefficient (Wildman–Crippen LogP) is 6.51. The van der Waals surface area contributed by atoms with Crippen LogP contribution in [-0.4, -0.2) is 16.9 Å². The molecule has 2 rings (SSSR count). The standard InChI is InChI=1S/C22H21F6NO/c1-3-5-16-6-4-11-29-20(16)19(13-18(30)12-14(2)21(23,24)25)15-7-9-17(10-8-15)22(26,27)28/h3-4,6-11,14,19H,1,5,12-13H2,2H3/t14-,19+/m1/s1. The molecule has 0 aliphatic carbocycles. The highest BCUT2D eigenvalue weighted by molar-refractivity contribution is 5.80. The first-order valence-electron chi connectivity index (χ1n) is 9.23. The number of carbonyl (C=O) groups excluding carboxylic acids is 1. The van der Waals surface area contributed by atoms with Crippen molar-refractivity contribution in [3.63, 3.8) is 0 Å². The maximum absolute atomic E-state index is 12.9. The van der Waals surface area contributed by atoms with Crippen molar-refractivity contribution < 1.29 is 31.1 Å². The molecular formula is C22H21F6NO. The van der Waals surface area contributed by atoms with E-state index in [0.29, 0.717) is 23.2 Å². The minimum atomic E-state index is -4.52. The zero-order valence-corrected chi connectivity index (χ0v) is 16.2. The fraction of sp³-hybridized carbons (Fsp3) is 0.364. The Labute approximate surface area is 170 Å². The molecule has 0 aliphatic rings. The van der Waals surface area contributed by atoms with E-state index in [1.165, 1.54) is 18.3 Å². The summed E-state index contributed by atoms with van der Waals surface area (Å²) in [6.07, 6.45) is -6.55. The van der Waals surface area contributed by atoms with Crippen LogP contribution in [0, 0.1) is 5.92 Å². The molecule has 30 heavy (non-hydrogen) atoms. The summed E-state index contributed by atoms with van der Waals surface area (Å²) in [4.78, 5) is 16.7. The Morgan fingerprint density at radius 1 is 1.07 bits per heavy atom. The first-order valence-corrected chi connectivity index (χ1v) is 9.23. The second-order valence-corrected chi connectivity index (χ2v) is 7.10. The molecule has 0 unspecified atom stereocenters. The van der Waals surface area contributed by atoms with Crippen molar-refractivity contribution in [2.75, 3.05) is 0 Å². The van der Waals surface area contributed by atoms with Gasteiger partial charge in [0.15, 0.2) is 0 Å². The quantitative estimate of drug-likeness (QED) is 0.354. The number of Topliss-reactive ketones (excluding diaryl/α,β-unsaturated/α-hetero) is 1. The van der Waals surface area contributed by atoms with E-state index in [0.717, 1.165) is 19.1 Å². The molecule has 1 aromatic heterocycles. The number of nitrogens with zero attached hydrogens (tertiary/aromatic N) is 1. The average Bonchev–Trinajstić information content (AvgIpc) is 2.66. The van der Waals surface area contributed by atoms with E-state index in [2.05, 4.69) is 11.6 Å². The summed E-state index contributed by atoms with van der Waals surface area (Å²) in [5.41, 5.74) is 0.661. The van der Waals surface area contributed by atoms with Crippen LogP contribution in [-0.2, 0) is 17.4 Å². The monoisotopic (exact) mass is 429 g/mol. The smallest absolute Gasteiger partial charge is 0.300 e. The molecule has 1 aromatic carbocycles. The molecule has 2 atom stereocenters. The maximum Gasteiger partial charge on any atom is 0.416 e. The van der Waals surface area contributed by atoms with Crippen LogP contribution in [0.15, 0.2) is 55.3 Å². The van der Waals surface area contributed by atoms with Gasteiger partial charge in [0.2, 0.25) is 0 Å². The Balaban J connectivity index is 2.41. The number of alkyl halides is 6. The van der Waals surface area contributed by atoms with Crippen molar-refractivity contribution in [2.45, 2.75) is 44.5 Å². The van der Waals surface area contributed by atoms with Crippen LogP contribution in [0.3, 0.4) is 0 Å². The van der Waals surface area contributed by atoms with Crippen molar-refractivity contribution in [1.29, 1.82) is 0 Å². The third kappa shape index (κ3) is 6.18. The number of halogens is 6. The van der Waals surface area contributed by atoms with E-state index in [4.69, 9.17) is 0 Å². The van der Waals surface area contributed by atoms with Crippen molar-refractivity contribution in [2.24, 2.45) is 5.92 Å². The lowest BCUT2D eigenvalue weighted by atomic mass is 9.85. The molecule has 0 fully saturated rings. The van der Waals surface area contributed by atoms with Gasteiger partial charge in [-0.1, -0.05) is 31.2 Å². The molecule has 0 saturated carbocycles. The molecule has 0 bridgehead atoms. The number of ketones is 1. The van der Waals surface area contributed by atoms with E-state index in [1.54, 1.807) is 18.2 Å². The summed E-state index contributed by atoms with van der Waals surface area (Å²) >= 11 is 0. The molecule has 8 heteroatoms. The van der Waals surface area contributed by atoms with Gasteiger partial charge in [0.25, 0.3) is 0 Å². The lowest BCUT2D eigenvalue weighted by Crippen LogP contribution is -2.24. The summed E-state index contributed by atoms with van der Waals surface area (Å²) in [6, 6.07) is 7.66. The van der Waals surface area contributed by atoms with Crippen molar-refractivity contribution >= 4 is 5.78 Å². The van der Waals surface area contributed by atoms with Crippen LogP contribution < -0.4 is 0 Å². The number of benzene rings is 1. The fourth-order valence-electron chi connectivity index (χ4n) is 3.14. The Morgan fingerprint density at radius 2 is 1.70 bits per heavy atom. The van der Waals surface area contributed by atoms with Gasteiger partial charge >= 0.3 is 12.4 Å². The Bertz CT molecular complexity index is 870. The van der Waals surface area contributed by atoms with Crippen LogP contribution in [0.4, 0.5) is 26.3 Å². The number of pyridine rings is 1. The highest BCUT2D eigenvalue weighted by atomic mass is 19.4. The molecule has 0 amide bonds. The second-order valence-electron chi connectivity index (χ2n) is 7.10. The van der Waals surface area contributed by atoms with Gasteiger partial charge in [0.1, 0.15) is 5.78 Å². The average molecular weight is 429 g/mol. The molecule has 2 nitrogen and oxygen atoms in total. The van der Waals surface area contributed by atoms with Gasteiger partial charge in [0, 0.05) is 25.0 Å². The van der Waals surface area contributed by atoms with Gasteiger partial charge in [0.05, 0.1) is 17.2 Å². The summed E-state index contributed by atoms with van der Waals surface area (Å²) in [6.45, 7) is 4.58. The first kappa shape index (κ1) is 23.6. The number of aromatic nitrogens is 1. The number of hydrogen-bond donors (Lipinski definition) is 0. The van der Waals surface area contributed by atoms with Gasteiger partial charge in [-0.05, 0) is 35.7 Å². The molecule has 0 N–H and O–H groups in total. The van der Waals surface area contributed by atoms with E-state index < -0.39 is 42.0 Å². The third-order valence-corrected chi connectivity index (χ3v) is 4.79. The number of carbonyl (C=O) groups is 1. The fourth-order valence-corrected chi connectivity index (χ4v) is 3.14. The molecule has 2 aromatic rings.